The molecule has 1 aromatic rings. The molecule has 1 aromatic heterocycles. The maximum Gasteiger partial charge on any atom is 0.153 e. The van der Waals surface area contributed by atoms with E-state index in [0.29, 0.717) is 12.2 Å². The first-order valence-electron chi connectivity index (χ1n) is 5.00. The van der Waals surface area contributed by atoms with Crippen molar-refractivity contribution in [2.75, 3.05) is 0 Å². The Morgan fingerprint density at radius 1 is 1.67 bits per heavy atom. The van der Waals surface area contributed by atoms with E-state index in [0.717, 1.165) is 29.8 Å². The molecule has 78 valence electrons. The number of aryl methyl sites for hydroxylation is 2. The largest absolute Gasteiger partial charge is 0.411 e. The Labute approximate surface area is 88.6 Å². The van der Waals surface area contributed by atoms with Gasteiger partial charge in [-0.3, -0.25) is 4.98 Å². The van der Waals surface area contributed by atoms with Crippen LogP contribution in [0, 0.1) is 24.2 Å². The Hall–Kier alpha value is -1.60. The van der Waals surface area contributed by atoms with Crippen LogP contribution < -0.4 is 10.7 Å². The van der Waals surface area contributed by atoms with Crippen LogP contribution in [0.4, 0.5) is 0 Å². The molecular formula is C11H13N3O. The van der Waals surface area contributed by atoms with Gasteiger partial charge >= 0.3 is 0 Å². The van der Waals surface area contributed by atoms with Gasteiger partial charge in [-0.2, -0.15) is 11.2 Å². The average molecular weight is 203 g/mol. The van der Waals surface area contributed by atoms with Crippen molar-refractivity contribution in [2.45, 2.75) is 26.2 Å². The molecule has 0 saturated heterocycles. The van der Waals surface area contributed by atoms with Crippen LogP contribution in [0.15, 0.2) is 6.07 Å². The fourth-order valence-corrected chi connectivity index (χ4v) is 2.03. The third kappa shape index (κ3) is 1.79. The molecule has 0 spiro atoms. The van der Waals surface area contributed by atoms with E-state index in [1.165, 1.54) is 0 Å². The van der Waals surface area contributed by atoms with Gasteiger partial charge in [-0.25, -0.2) is 0 Å². The molecule has 15 heavy (non-hydrogen) atoms. The van der Waals surface area contributed by atoms with Gasteiger partial charge in [0.15, 0.2) is 5.75 Å². The summed E-state index contributed by atoms with van der Waals surface area (Å²) in [5, 5.41) is 8.89. The number of fused-ring (bicyclic) bond motifs is 1. The topological polar surface area (TPSA) is 71.9 Å². The van der Waals surface area contributed by atoms with E-state index in [1.54, 1.807) is 0 Å². The third-order valence-electron chi connectivity index (χ3n) is 2.79. The summed E-state index contributed by atoms with van der Waals surface area (Å²) in [5.74, 6) is 5.95. The third-order valence-corrected chi connectivity index (χ3v) is 2.79. The van der Waals surface area contributed by atoms with E-state index in [-0.39, 0.29) is 5.92 Å². The van der Waals surface area contributed by atoms with Crippen LogP contribution in [-0.2, 0) is 12.8 Å². The highest BCUT2D eigenvalue weighted by atomic mass is 16.6. The Bertz CT molecular complexity index is 405. The highest BCUT2D eigenvalue weighted by molar-refractivity contribution is 5.40. The maximum absolute atomic E-state index is 8.89. The van der Waals surface area contributed by atoms with E-state index >= 15 is 0 Å². The number of aromatic nitrogens is 1. The van der Waals surface area contributed by atoms with E-state index in [9.17, 15) is 0 Å². The van der Waals surface area contributed by atoms with Gasteiger partial charge < -0.3 is 4.84 Å². The minimum atomic E-state index is 0.0657. The zero-order valence-electron chi connectivity index (χ0n) is 8.66. The van der Waals surface area contributed by atoms with Crippen LogP contribution in [0.3, 0.4) is 0 Å². The second-order valence-electron chi connectivity index (χ2n) is 3.87. The lowest BCUT2D eigenvalue weighted by Crippen LogP contribution is -2.17. The number of rotatable bonds is 1. The summed E-state index contributed by atoms with van der Waals surface area (Å²) in [6.07, 6.45) is 2.42. The van der Waals surface area contributed by atoms with Crippen LogP contribution in [0.25, 0.3) is 0 Å². The van der Waals surface area contributed by atoms with E-state index in [4.69, 9.17) is 16.0 Å². The molecule has 1 aliphatic carbocycles. The molecular weight excluding hydrogens is 190 g/mol. The molecule has 0 aliphatic heterocycles. The SMILES string of the molecule is Cc1cc(ON)c2c(n1)CCC(C#N)C2. The number of hydrogen-bond donors (Lipinski definition) is 1. The number of nitrogens with two attached hydrogens (primary N) is 1. The molecule has 2 rings (SSSR count). The van der Waals surface area contributed by atoms with E-state index in [2.05, 4.69) is 11.1 Å². The molecule has 0 saturated carbocycles. The van der Waals surface area contributed by atoms with E-state index < -0.39 is 0 Å². The van der Waals surface area contributed by atoms with Crippen LogP contribution in [-0.4, -0.2) is 4.98 Å². The van der Waals surface area contributed by atoms with Crippen molar-refractivity contribution in [1.82, 2.24) is 4.98 Å². The lowest BCUT2D eigenvalue weighted by molar-refractivity contribution is 0.325. The minimum Gasteiger partial charge on any atom is -0.411 e. The Morgan fingerprint density at radius 2 is 2.47 bits per heavy atom. The molecule has 0 radical (unpaired) electrons. The van der Waals surface area contributed by atoms with Crippen molar-refractivity contribution in [2.24, 2.45) is 11.8 Å². The summed E-state index contributed by atoms with van der Waals surface area (Å²) in [4.78, 5) is 9.28. The van der Waals surface area contributed by atoms with Gasteiger partial charge in [0.1, 0.15) is 0 Å². The number of nitriles is 1. The first kappa shape index (κ1) is 9.94. The van der Waals surface area contributed by atoms with Crippen LogP contribution in [0.5, 0.6) is 5.75 Å². The average Bonchev–Trinajstić information content (AvgIpc) is 2.27. The normalized spacial score (nSPS) is 19.1. The highest BCUT2D eigenvalue weighted by Gasteiger charge is 2.23. The monoisotopic (exact) mass is 203 g/mol. The summed E-state index contributed by atoms with van der Waals surface area (Å²) in [6.45, 7) is 1.92. The zero-order chi connectivity index (χ0) is 10.8. The highest BCUT2D eigenvalue weighted by Crippen LogP contribution is 2.31. The van der Waals surface area contributed by atoms with Crippen molar-refractivity contribution < 1.29 is 4.84 Å². The lowest BCUT2D eigenvalue weighted by Gasteiger charge is -2.21. The van der Waals surface area contributed by atoms with Gasteiger partial charge in [-0.15, -0.1) is 0 Å². The smallest absolute Gasteiger partial charge is 0.153 e. The van der Waals surface area contributed by atoms with Gasteiger partial charge in [0.05, 0.1) is 12.0 Å². The minimum absolute atomic E-state index is 0.0657. The molecule has 1 atom stereocenters. The van der Waals surface area contributed by atoms with Crippen molar-refractivity contribution in [1.29, 1.82) is 5.26 Å². The second kappa shape index (κ2) is 3.87. The number of pyridine rings is 1. The van der Waals surface area contributed by atoms with Crippen LogP contribution >= 0.6 is 0 Å². The number of hydrogen-bond acceptors (Lipinski definition) is 4. The number of nitrogens with zero attached hydrogens (tertiary/aromatic N) is 2. The predicted octanol–water partition coefficient (Wildman–Crippen LogP) is 1.27. The van der Waals surface area contributed by atoms with Crippen LogP contribution in [0.2, 0.25) is 0 Å². The summed E-state index contributed by atoms with van der Waals surface area (Å²) in [6, 6.07) is 4.10. The molecule has 1 aliphatic rings. The fraction of sp³-hybridized carbons (Fsp3) is 0.455. The van der Waals surface area contributed by atoms with Crippen molar-refractivity contribution in [3.63, 3.8) is 0 Å². The van der Waals surface area contributed by atoms with Crippen molar-refractivity contribution >= 4 is 0 Å². The van der Waals surface area contributed by atoms with Crippen molar-refractivity contribution in [3.05, 3.63) is 23.0 Å². The lowest BCUT2D eigenvalue weighted by atomic mass is 9.87. The van der Waals surface area contributed by atoms with E-state index in [1.807, 2.05) is 13.0 Å². The summed E-state index contributed by atoms with van der Waals surface area (Å²) >= 11 is 0. The van der Waals surface area contributed by atoms with Gasteiger partial charge in [-0.05, 0) is 26.2 Å². The predicted molar refractivity (Wildman–Crippen MR) is 54.9 cm³/mol. The molecule has 4 nitrogen and oxygen atoms in total. The van der Waals surface area contributed by atoms with Gasteiger partial charge in [0, 0.05) is 23.0 Å². The Morgan fingerprint density at radius 3 is 3.13 bits per heavy atom. The summed E-state index contributed by atoms with van der Waals surface area (Å²) in [5.41, 5.74) is 2.94. The molecule has 4 heteroatoms. The maximum atomic E-state index is 8.89. The molecule has 1 heterocycles. The first-order chi connectivity index (χ1) is 7.24. The standard InChI is InChI=1S/C11H13N3O/c1-7-4-11(15-13)9-5-8(6-12)2-3-10(9)14-7/h4,8H,2-3,5,13H2,1H3. The Balaban J connectivity index is 2.44. The fourth-order valence-electron chi connectivity index (χ4n) is 2.03. The van der Waals surface area contributed by atoms with Crippen LogP contribution in [0.1, 0.15) is 23.4 Å². The van der Waals surface area contributed by atoms with Crippen molar-refractivity contribution in [3.8, 4) is 11.8 Å². The zero-order valence-corrected chi connectivity index (χ0v) is 8.66. The molecule has 2 N–H and O–H groups in total. The molecule has 0 bridgehead atoms. The second-order valence-corrected chi connectivity index (χ2v) is 3.87. The first-order valence-corrected chi connectivity index (χ1v) is 5.00. The quantitative estimate of drug-likeness (QED) is 0.698. The van der Waals surface area contributed by atoms with Gasteiger partial charge in [-0.1, -0.05) is 0 Å². The molecule has 0 aromatic carbocycles. The van der Waals surface area contributed by atoms with Gasteiger partial charge in [0.2, 0.25) is 0 Å². The van der Waals surface area contributed by atoms with Gasteiger partial charge in [0.25, 0.3) is 0 Å². The summed E-state index contributed by atoms with van der Waals surface area (Å²) in [7, 11) is 0. The molecule has 1 unspecified atom stereocenters. The molecule has 0 amide bonds. The molecule has 0 fully saturated rings. The Kier molecular flexibility index (Phi) is 2.57. The summed E-state index contributed by atoms with van der Waals surface area (Å²) < 4.78 is 0.